The Balaban J connectivity index is 2.20. The van der Waals surface area contributed by atoms with E-state index in [2.05, 4.69) is 18.8 Å². The predicted molar refractivity (Wildman–Crippen MR) is 77.7 cm³/mol. The molecule has 0 fully saturated rings. The lowest BCUT2D eigenvalue weighted by Crippen LogP contribution is -1.91. The molecule has 0 saturated carbocycles. The van der Waals surface area contributed by atoms with Crippen LogP contribution in [-0.2, 0) is 0 Å². The second kappa shape index (κ2) is 4.02. The number of rotatable bonds is 1. The van der Waals surface area contributed by atoms with Gasteiger partial charge >= 0.3 is 0 Å². The van der Waals surface area contributed by atoms with Gasteiger partial charge in [-0.3, -0.25) is 0 Å². The fraction of sp³-hybridized carbons (Fsp3) is 0.133. The summed E-state index contributed by atoms with van der Waals surface area (Å²) >= 11 is 0. The van der Waals surface area contributed by atoms with Crippen molar-refractivity contribution in [2.24, 2.45) is 0 Å². The number of nitrogen functional groups attached to an aromatic ring is 2. The topological polar surface area (TPSA) is 78.1 Å². The average molecular weight is 253 g/mol. The van der Waals surface area contributed by atoms with Crippen LogP contribution in [0.25, 0.3) is 22.6 Å². The number of fused-ring (bicyclic) bond motifs is 1. The Hall–Kier alpha value is -2.49. The van der Waals surface area contributed by atoms with Gasteiger partial charge in [-0.1, -0.05) is 0 Å². The van der Waals surface area contributed by atoms with Gasteiger partial charge in [0.2, 0.25) is 5.89 Å². The van der Waals surface area contributed by atoms with Crippen LogP contribution >= 0.6 is 0 Å². The lowest BCUT2D eigenvalue weighted by molar-refractivity contribution is 0.619. The summed E-state index contributed by atoms with van der Waals surface area (Å²) in [5, 5.41) is 0. The second-order valence-electron chi connectivity index (χ2n) is 4.81. The standard InChI is InChI=1S/C15H15N3O/c1-8-3-13-14(4-9(8)2)19-15(18-13)10-5-11(16)7-12(17)6-10/h3-7H,16-17H2,1-2H3. The van der Waals surface area contributed by atoms with Crippen molar-refractivity contribution in [3.63, 3.8) is 0 Å². The summed E-state index contributed by atoms with van der Waals surface area (Å²) in [6.45, 7) is 4.11. The van der Waals surface area contributed by atoms with E-state index < -0.39 is 0 Å². The highest BCUT2D eigenvalue weighted by atomic mass is 16.3. The van der Waals surface area contributed by atoms with Crippen molar-refractivity contribution >= 4 is 22.5 Å². The van der Waals surface area contributed by atoms with Gasteiger partial charge in [0.25, 0.3) is 0 Å². The molecule has 0 aliphatic heterocycles. The van der Waals surface area contributed by atoms with E-state index in [0.717, 1.165) is 16.7 Å². The third kappa shape index (κ3) is 2.01. The van der Waals surface area contributed by atoms with Crippen molar-refractivity contribution in [2.75, 3.05) is 11.5 Å². The molecule has 0 saturated heterocycles. The maximum atomic E-state index is 5.79. The van der Waals surface area contributed by atoms with Crippen LogP contribution in [-0.4, -0.2) is 4.98 Å². The maximum Gasteiger partial charge on any atom is 0.227 e. The average Bonchev–Trinajstić information content (AvgIpc) is 2.71. The molecule has 0 unspecified atom stereocenters. The van der Waals surface area contributed by atoms with Crippen LogP contribution < -0.4 is 11.5 Å². The number of nitrogens with two attached hydrogens (primary N) is 2. The fourth-order valence-corrected chi connectivity index (χ4v) is 2.10. The van der Waals surface area contributed by atoms with Crippen LogP contribution in [0.1, 0.15) is 11.1 Å². The molecule has 4 nitrogen and oxygen atoms in total. The van der Waals surface area contributed by atoms with E-state index in [-0.39, 0.29) is 0 Å². The third-order valence-electron chi connectivity index (χ3n) is 3.23. The quantitative estimate of drug-likeness (QED) is 0.652. The highest BCUT2D eigenvalue weighted by Gasteiger charge is 2.10. The first-order chi connectivity index (χ1) is 9.02. The molecular weight excluding hydrogens is 238 g/mol. The number of nitrogens with zero attached hydrogens (tertiary/aromatic N) is 1. The van der Waals surface area contributed by atoms with Gasteiger partial charge in [-0.25, -0.2) is 4.98 Å². The van der Waals surface area contributed by atoms with E-state index in [0.29, 0.717) is 17.3 Å². The maximum absolute atomic E-state index is 5.79. The SMILES string of the molecule is Cc1cc2nc(-c3cc(N)cc(N)c3)oc2cc1C. The van der Waals surface area contributed by atoms with Crippen molar-refractivity contribution in [1.82, 2.24) is 4.98 Å². The summed E-state index contributed by atoms with van der Waals surface area (Å²) < 4.78 is 5.78. The molecule has 0 radical (unpaired) electrons. The number of aromatic nitrogens is 1. The van der Waals surface area contributed by atoms with E-state index in [1.54, 1.807) is 18.2 Å². The minimum absolute atomic E-state index is 0.541. The molecule has 0 spiro atoms. The van der Waals surface area contributed by atoms with Crippen LogP contribution in [0, 0.1) is 13.8 Å². The summed E-state index contributed by atoms with van der Waals surface area (Å²) in [5.74, 6) is 0.541. The zero-order valence-electron chi connectivity index (χ0n) is 10.9. The van der Waals surface area contributed by atoms with Gasteiger partial charge in [-0.15, -0.1) is 0 Å². The number of aryl methyl sites for hydroxylation is 2. The van der Waals surface area contributed by atoms with Gasteiger partial charge in [0.1, 0.15) is 5.52 Å². The normalized spacial score (nSPS) is 11.1. The molecule has 4 N–H and O–H groups in total. The summed E-state index contributed by atoms with van der Waals surface area (Å²) in [6.07, 6.45) is 0. The minimum Gasteiger partial charge on any atom is -0.436 e. The van der Waals surface area contributed by atoms with Gasteiger partial charge in [0.05, 0.1) is 0 Å². The molecule has 0 amide bonds. The van der Waals surface area contributed by atoms with Crippen LogP contribution in [0.5, 0.6) is 0 Å². The molecule has 0 aliphatic carbocycles. The van der Waals surface area contributed by atoms with Crippen LogP contribution in [0.3, 0.4) is 0 Å². The van der Waals surface area contributed by atoms with Crippen molar-refractivity contribution in [3.8, 4) is 11.5 Å². The number of oxazole rings is 1. The molecule has 2 aromatic carbocycles. The van der Waals surface area contributed by atoms with E-state index in [1.165, 1.54) is 11.1 Å². The molecule has 1 aromatic heterocycles. The van der Waals surface area contributed by atoms with Gasteiger partial charge in [-0.05, 0) is 55.3 Å². The Labute approximate surface area is 111 Å². The summed E-state index contributed by atoms with van der Waals surface area (Å²) in [4.78, 5) is 4.49. The molecule has 3 aromatic rings. The monoisotopic (exact) mass is 253 g/mol. The van der Waals surface area contributed by atoms with E-state index >= 15 is 0 Å². The summed E-state index contributed by atoms with van der Waals surface area (Å²) in [6, 6.07) is 9.34. The first kappa shape index (κ1) is 11.6. The second-order valence-corrected chi connectivity index (χ2v) is 4.81. The first-order valence-electron chi connectivity index (χ1n) is 6.07. The van der Waals surface area contributed by atoms with Gasteiger partial charge in [0.15, 0.2) is 5.58 Å². The molecule has 1 heterocycles. The molecule has 0 bridgehead atoms. The van der Waals surface area contributed by atoms with Gasteiger partial charge in [0, 0.05) is 16.9 Å². The Morgan fingerprint density at radius 2 is 1.53 bits per heavy atom. The Morgan fingerprint density at radius 1 is 0.895 bits per heavy atom. The number of hydrogen-bond donors (Lipinski definition) is 2. The van der Waals surface area contributed by atoms with Crippen molar-refractivity contribution in [3.05, 3.63) is 41.5 Å². The molecular formula is C15H15N3O. The molecule has 96 valence electrons. The summed E-state index contributed by atoms with van der Waals surface area (Å²) in [7, 11) is 0. The third-order valence-corrected chi connectivity index (χ3v) is 3.23. The highest BCUT2D eigenvalue weighted by Crippen LogP contribution is 2.28. The molecule has 0 aliphatic rings. The van der Waals surface area contributed by atoms with Crippen molar-refractivity contribution < 1.29 is 4.42 Å². The molecule has 19 heavy (non-hydrogen) atoms. The Morgan fingerprint density at radius 3 is 2.21 bits per heavy atom. The van der Waals surface area contributed by atoms with Crippen molar-refractivity contribution in [2.45, 2.75) is 13.8 Å². The van der Waals surface area contributed by atoms with Gasteiger partial charge < -0.3 is 15.9 Å². The fourth-order valence-electron chi connectivity index (χ4n) is 2.10. The van der Waals surface area contributed by atoms with Gasteiger partial charge in [-0.2, -0.15) is 0 Å². The zero-order chi connectivity index (χ0) is 13.6. The van der Waals surface area contributed by atoms with Crippen LogP contribution in [0.4, 0.5) is 11.4 Å². The zero-order valence-corrected chi connectivity index (χ0v) is 10.9. The van der Waals surface area contributed by atoms with E-state index in [9.17, 15) is 0 Å². The van der Waals surface area contributed by atoms with Crippen LogP contribution in [0.2, 0.25) is 0 Å². The Kier molecular flexibility index (Phi) is 2.45. The lowest BCUT2D eigenvalue weighted by Gasteiger charge is -2.00. The molecule has 3 rings (SSSR count). The smallest absolute Gasteiger partial charge is 0.227 e. The van der Waals surface area contributed by atoms with Crippen LogP contribution in [0.15, 0.2) is 34.7 Å². The van der Waals surface area contributed by atoms with E-state index in [1.807, 2.05) is 12.1 Å². The largest absolute Gasteiger partial charge is 0.436 e. The summed E-state index contributed by atoms with van der Waals surface area (Å²) in [5.41, 5.74) is 17.6. The predicted octanol–water partition coefficient (Wildman–Crippen LogP) is 3.28. The highest BCUT2D eigenvalue weighted by molar-refractivity contribution is 5.79. The minimum atomic E-state index is 0.541. The Bertz CT molecular complexity index is 715. The number of anilines is 2. The molecule has 4 heteroatoms. The number of hydrogen-bond acceptors (Lipinski definition) is 4. The first-order valence-corrected chi connectivity index (χ1v) is 6.07. The molecule has 0 atom stereocenters. The number of benzene rings is 2. The lowest BCUT2D eigenvalue weighted by atomic mass is 10.1. The van der Waals surface area contributed by atoms with Crippen molar-refractivity contribution in [1.29, 1.82) is 0 Å². The van der Waals surface area contributed by atoms with E-state index in [4.69, 9.17) is 15.9 Å².